The molecular weight excluding hydrogens is 292 g/mol. The molecule has 0 aromatic heterocycles. The average Bonchev–Trinajstić information content (AvgIpc) is 2.41. The third-order valence-electron chi connectivity index (χ3n) is 3.24. The summed E-state index contributed by atoms with van der Waals surface area (Å²) >= 11 is -0.153. The molecule has 1 saturated heterocycles. The van der Waals surface area contributed by atoms with E-state index in [9.17, 15) is 17.6 Å². The molecule has 0 bridgehead atoms. The molecule has 7 heteroatoms. The first-order valence-corrected chi connectivity index (χ1v) is 7.18. The van der Waals surface area contributed by atoms with Crippen molar-refractivity contribution in [2.75, 3.05) is 32.9 Å². The van der Waals surface area contributed by atoms with Gasteiger partial charge in [0.15, 0.2) is 0 Å². The van der Waals surface area contributed by atoms with E-state index in [1.54, 1.807) is 12.1 Å². The van der Waals surface area contributed by atoms with Gasteiger partial charge in [-0.15, -0.1) is 0 Å². The summed E-state index contributed by atoms with van der Waals surface area (Å²) < 4.78 is 50.0. The molecular formula is C13H16F4N2S. The zero-order valence-electron chi connectivity index (χ0n) is 10.8. The van der Waals surface area contributed by atoms with Crippen molar-refractivity contribution in [3.05, 3.63) is 29.8 Å². The van der Waals surface area contributed by atoms with Crippen LogP contribution in [0, 0.1) is 0 Å². The molecule has 2 nitrogen and oxygen atoms in total. The van der Waals surface area contributed by atoms with E-state index in [0.717, 1.165) is 31.7 Å². The first-order chi connectivity index (χ1) is 9.49. The summed E-state index contributed by atoms with van der Waals surface area (Å²) in [5.41, 5.74) is -3.57. The smallest absolute Gasteiger partial charge is 0.314 e. The van der Waals surface area contributed by atoms with E-state index in [-0.39, 0.29) is 22.7 Å². The molecule has 1 aliphatic rings. The molecule has 0 radical (unpaired) electrons. The highest BCUT2D eigenvalue weighted by Gasteiger charge is 2.29. The third kappa shape index (κ3) is 4.36. The Morgan fingerprint density at radius 1 is 1.15 bits per heavy atom. The third-order valence-corrected chi connectivity index (χ3v) is 3.98. The largest absolute Gasteiger partial charge is 0.446 e. The van der Waals surface area contributed by atoms with Gasteiger partial charge in [-0.05, 0) is 29.5 Å². The number of halogens is 4. The van der Waals surface area contributed by atoms with Crippen LogP contribution in [-0.4, -0.2) is 43.3 Å². The standard InChI is InChI=1S/C13H16F4N2S/c14-9-12(19-7-5-18-6-8-19)10-1-3-11(4-2-10)20-13(15,16)17/h1-4,12,18H,5-9H2/t12-/m0/s1. The normalized spacial score (nSPS) is 19.0. The van der Waals surface area contributed by atoms with Crippen LogP contribution in [0.1, 0.15) is 11.6 Å². The number of rotatable bonds is 4. The van der Waals surface area contributed by atoms with E-state index in [0.29, 0.717) is 0 Å². The van der Waals surface area contributed by atoms with Gasteiger partial charge >= 0.3 is 5.51 Å². The number of nitrogens with zero attached hydrogens (tertiary/aromatic N) is 1. The summed E-state index contributed by atoms with van der Waals surface area (Å²) in [7, 11) is 0. The van der Waals surface area contributed by atoms with Crippen molar-refractivity contribution in [3.63, 3.8) is 0 Å². The highest BCUT2D eigenvalue weighted by atomic mass is 32.2. The van der Waals surface area contributed by atoms with Crippen LogP contribution in [0.15, 0.2) is 29.2 Å². The van der Waals surface area contributed by atoms with Crippen molar-refractivity contribution in [2.24, 2.45) is 0 Å². The molecule has 1 fully saturated rings. The highest BCUT2D eigenvalue weighted by molar-refractivity contribution is 8.00. The Morgan fingerprint density at radius 2 is 1.75 bits per heavy atom. The van der Waals surface area contributed by atoms with Gasteiger partial charge in [-0.3, -0.25) is 4.90 Å². The average molecular weight is 308 g/mol. The molecule has 20 heavy (non-hydrogen) atoms. The van der Waals surface area contributed by atoms with Crippen molar-refractivity contribution in [3.8, 4) is 0 Å². The van der Waals surface area contributed by atoms with Crippen LogP contribution in [0.25, 0.3) is 0 Å². The molecule has 2 rings (SSSR count). The predicted octanol–water partition coefficient (Wildman–Crippen LogP) is 3.21. The minimum absolute atomic E-state index is 0.124. The Hall–Kier alpha value is -0.790. The van der Waals surface area contributed by atoms with E-state index in [1.807, 2.05) is 4.90 Å². The summed E-state index contributed by atoms with van der Waals surface area (Å²) in [4.78, 5) is 2.14. The summed E-state index contributed by atoms with van der Waals surface area (Å²) in [6, 6.07) is 5.60. The fraction of sp³-hybridized carbons (Fsp3) is 0.538. The minimum atomic E-state index is -4.29. The molecule has 1 aromatic carbocycles. The lowest BCUT2D eigenvalue weighted by molar-refractivity contribution is -0.0328. The molecule has 1 aliphatic heterocycles. The number of thioether (sulfide) groups is 1. The zero-order chi connectivity index (χ0) is 14.6. The van der Waals surface area contributed by atoms with Crippen LogP contribution >= 0.6 is 11.8 Å². The van der Waals surface area contributed by atoms with Gasteiger partial charge in [-0.1, -0.05) is 12.1 Å². The Labute approximate surface area is 119 Å². The second-order valence-electron chi connectivity index (χ2n) is 4.57. The van der Waals surface area contributed by atoms with Crippen LogP contribution in [0.4, 0.5) is 17.6 Å². The van der Waals surface area contributed by atoms with Gasteiger partial charge in [-0.25, -0.2) is 4.39 Å². The molecule has 1 N–H and O–H groups in total. The molecule has 0 unspecified atom stereocenters. The fourth-order valence-electron chi connectivity index (χ4n) is 2.28. The molecule has 1 atom stereocenters. The van der Waals surface area contributed by atoms with Gasteiger partial charge < -0.3 is 5.32 Å². The van der Waals surface area contributed by atoms with E-state index in [2.05, 4.69) is 5.32 Å². The quantitative estimate of drug-likeness (QED) is 0.679. The van der Waals surface area contributed by atoms with E-state index in [1.165, 1.54) is 12.1 Å². The lowest BCUT2D eigenvalue weighted by Crippen LogP contribution is -2.45. The monoisotopic (exact) mass is 308 g/mol. The number of piperazine rings is 1. The maximum absolute atomic E-state index is 13.3. The van der Waals surface area contributed by atoms with E-state index in [4.69, 9.17) is 0 Å². The summed E-state index contributed by atoms with van der Waals surface area (Å²) in [5, 5.41) is 3.19. The van der Waals surface area contributed by atoms with Gasteiger partial charge in [0.05, 0.1) is 6.04 Å². The van der Waals surface area contributed by atoms with Crippen molar-refractivity contribution >= 4 is 11.8 Å². The maximum atomic E-state index is 13.3. The van der Waals surface area contributed by atoms with Crippen molar-refractivity contribution in [1.29, 1.82) is 0 Å². The Kier molecular flexibility index (Phi) is 5.29. The second kappa shape index (κ2) is 6.78. The maximum Gasteiger partial charge on any atom is 0.446 e. The summed E-state index contributed by atoms with van der Waals surface area (Å²) in [5.74, 6) is 0. The lowest BCUT2D eigenvalue weighted by Gasteiger charge is -2.33. The Bertz CT molecular complexity index is 415. The molecule has 0 aliphatic carbocycles. The van der Waals surface area contributed by atoms with Crippen molar-refractivity contribution in [2.45, 2.75) is 16.4 Å². The number of hydrogen-bond acceptors (Lipinski definition) is 3. The van der Waals surface area contributed by atoms with Gasteiger partial charge in [0, 0.05) is 31.1 Å². The SMILES string of the molecule is FC[C@@H](c1ccc(SC(F)(F)F)cc1)N1CCNCC1. The Balaban J connectivity index is 2.06. The molecule has 0 saturated carbocycles. The van der Waals surface area contributed by atoms with Crippen LogP contribution in [0.2, 0.25) is 0 Å². The Morgan fingerprint density at radius 3 is 2.25 bits per heavy atom. The second-order valence-corrected chi connectivity index (χ2v) is 5.71. The molecule has 0 spiro atoms. The number of hydrogen-bond donors (Lipinski definition) is 1. The first kappa shape index (κ1) is 15.6. The number of alkyl halides is 4. The highest BCUT2D eigenvalue weighted by Crippen LogP contribution is 2.37. The summed E-state index contributed by atoms with van der Waals surface area (Å²) in [6.07, 6.45) is 0. The topological polar surface area (TPSA) is 15.3 Å². The van der Waals surface area contributed by atoms with Crippen molar-refractivity contribution in [1.82, 2.24) is 10.2 Å². The molecule has 0 amide bonds. The van der Waals surface area contributed by atoms with Crippen molar-refractivity contribution < 1.29 is 17.6 Å². The van der Waals surface area contributed by atoms with Crippen LogP contribution < -0.4 is 5.32 Å². The number of benzene rings is 1. The van der Waals surface area contributed by atoms with Crippen LogP contribution in [0.3, 0.4) is 0 Å². The summed E-state index contributed by atoms with van der Waals surface area (Å²) in [6.45, 7) is 2.56. The lowest BCUT2D eigenvalue weighted by atomic mass is 10.1. The van der Waals surface area contributed by atoms with Gasteiger partial charge in [-0.2, -0.15) is 13.2 Å². The zero-order valence-corrected chi connectivity index (χ0v) is 11.6. The van der Waals surface area contributed by atoms with E-state index < -0.39 is 12.2 Å². The fourth-order valence-corrected chi connectivity index (χ4v) is 2.82. The first-order valence-electron chi connectivity index (χ1n) is 6.36. The van der Waals surface area contributed by atoms with Crippen LogP contribution in [0.5, 0.6) is 0 Å². The molecule has 1 heterocycles. The van der Waals surface area contributed by atoms with Gasteiger partial charge in [0.25, 0.3) is 0 Å². The minimum Gasteiger partial charge on any atom is -0.314 e. The van der Waals surface area contributed by atoms with Gasteiger partial charge in [0.2, 0.25) is 0 Å². The number of nitrogens with one attached hydrogen (secondary N) is 1. The van der Waals surface area contributed by atoms with E-state index >= 15 is 0 Å². The van der Waals surface area contributed by atoms with Gasteiger partial charge in [0.1, 0.15) is 6.67 Å². The predicted molar refractivity (Wildman–Crippen MR) is 71.5 cm³/mol. The van der Waals surface area contributed by atoms with Crippen LogP contribution in [-0.2, 0) is 0 Å². The molecule has 112 valence electrons. The molecule has 1 aromatic rings.